The van der Waals surface area contributed by atoms with E-state index in [1.54, 1.807) is 13.8 Å². The van der Waals surface area contributed by atoms with Crippen molar-refractivity contribution in [2.24, 2.45) is 7.05 Å². The van der Waals surface area contributed by atoms with Crippen LogP contribution in [0.3, 0.4) is 0 Å². The van der Waals surface area contributed by atoms with E-state index in [-0.39, 0.29) is 20.8 Å². The third-order valence-corrected chi connectivity index (χ3v) is 5.37. The fraction of sp³-hybridized carbons (Fsp3) is 0.368. The van der Waals surface area contributed by atoms with Crippen LogP contribution in [0.5, 0.6) is 0 Å². The Kier molecular flexibility index (Phi) is 6.69. The molecule has 1 heterocycles. The summed E-state index contributed by atoms with van der Waals surface area (Å²) < 4.78 is 39.7. The number of carboxylic acids is 2. The van der Waals surface area contributed by atoms with Gasteiger partial charge in [-0.05, 0) is 30.4 Å². The van der Waals surface area contributed by atoms with Gasteiger partial charge in [0.15, 0.2) is 0 Å². The van der Waals surface area contributed by atoms with Crippen LogP contribution in [0.25, 0.3) is 5.69 Å². The quantitative estimate of drug-likeness (QED) is 0.703. The highest BCUT2D eigenvalue weighted by molar-refractivity contribution is 6.35. The number of carbonyl (C=O) groups excluding carboxylic acids is 1. The van der Waals surface area contributed by atoms with Gasteiger partial charge in [-0.3, -0.25) is 9.36 Å². The van der Waals surface area contributed by atoms with Crippen LogP contribution in [-0.4, -0.2) is 26.2 Å². The summed E-state index contributed by atoms with van der Waals surface area (Å²) in [6.07, 6.45) is -4.38. The number of alkyl halides is 3. The molecular weight excluding hydrogens is 445 g/mol. The number of aromatic nitrogens is 2. The number of benzene rings is 1. The molecule has 1 N–H and O–H groups in total. The summed E-state index contributed by atoms with van der Waals surface area (Å²) in [5.41, 5.74) is -6.75. The van der Waals surface area contributed by atoms with Crippen LogP contribution in [0.2, 0.25) is 5.02 Å². The summed E-state index contributed by atoms with van der Waals surface area (Å²) in [5.74, 6) is -4.03. The van der Waals surface area contributed by atoms with Gasteiger partial charge in [0, 0.05) is 18.7 Å². The minimum atomic E-state index is -5.03. The Morgan fingerprint density at radius 2 is 1.74 bits per heavy atom. The molecule has 0 radical (unpaired) electrons. The molecule has 0 fully saturated rings. The first-order chi connectivity index (χ1) is 14.3. The average molecular weight is 462 g/mol. The largest absolute Gasteiger partial charge is 0.545 e. The lowest BCUT2D eigenvalue weighted by Gasteiger charge is -2.23. The summed E-state index contributed by atoms with van der Waals surface area (Å²) in [6.45, 7) is 3.37. The van der Waals surface area contributed by atoms with E-state index in [0.717, 1.165) is 7.05 Å². The Labute approximate surface area is 178 Å². The van der Waals surface area contributed by atoms with Crippen LogP contribution in [-0.2, 0) is 13.2 Å². The van der Waals surface area contributed by atoms with Gasteiger partial charge in [-0.25, -0.2) is 14.2 Å². The van der Waals surface area contributed by atoms with Crippen molar-refractivity contribution in [2.75, 3.05) is 0 Å². The molecule has 12 heteroatoms. The highest BCUT2D eigenvalue weighted by atomic mass is 35.5. The van der Waals surface area contributed by atoms with Crippen molar-refractivity contribution >= 4 is 23.5 Å². The molecular formula is C19H17ClF3N2O6-. The minimum Gasteiger partial charge on any atom is -0.545 e. The lowest BCUT2D eigenvalue weighted by atomic mass is 9.87. The van der Waals surface area contributed by atoms with Crippen LogP contribution in [0.15, 0.2) is 21.7 Å². The number of carbonyl (C=O) groups is 2. The number of nitrogens with zero attached hydrogens (tertiary/aromatic N) is 2. The molecule has 31 heavy (non-hydrogen) atoms. The molecule has 0 amide bonds. The summed E-state index contributed by atoms with van der Waals surface area (Å²) in [5, 5.41) is 21.0. The Bertz CT molecular complexity index is 1180. The molecule has 1 aromatic carbocycles. The molecule has 2 aromatic rings. The second-order valence-electron chi connectivity index (χ2n) is 6.69. The van der Waals surface area contributed by atoms with Crippen molar-refractivity contribution in [1.82, 2.24) is 9.13 Å². The molecule has 0 aliphatic carbocycles. The van der Waals surface area contributed by atoms with E-state index in [0.29, 0.717) is 18.9 Å². The van der Waals surface area contributed by atoms with E-state index in [1.807, 2.05) is 0 Å². The van der Waals surface area contributed by atoms with E-state index >= 15 is 0 Å². The molecule has 168 valence electrons. The summed E-state index contributed by atoms with van der Waals surface area (Å²) in [4.78, 5) is 48.8. The van der Waals surface area contributed by atoms with Crippen LogP contribution in [0, 0.1) is 0 Å². The standard InChI is InChI=1S/C19H18ClF3N2O6/c1-4-8(5-2)13-14(17(29)30)10(6-9(15(13)20)16(27)28)25-12(26)7-11(19(21,22)23)24(3)18(25)31/h6-8H,4-5H2,1-3H3,(H,27,28)(H,29,30)/p-1. The molecule has 0 saturated carbocycles. The van der Waals surface area contributed by atoms with Gasteiger partial charge >= 0.3 is 17.8 Å². The van der Waals surface area contributed by atoms with Crippen LogP contribution < -0.4 is 16.4 Å². The van der Waals surface area contributed by atoms with E-state index in [4.69, 9.17) is 11.6 Å². The number of hydrogen-bond acceptors (Lipinski definition) is 5. The van der Waals surface area contributed by atoms with Crippen molar-refractivity contribution in [3.63, 3.8) is 0 Å². The van der Waals surface area contributed by atoms with Crippen LogP contribution in [0.4, 0.5) is 13.2 Å². The number of aromatic carboxylic acids is 2. The zero-order valence-corrected chi connectivity index (χ0v) is 17.3. The third kappa shape index (κ3) is 4.22. The van der Waals surface area contributed by atoms with Gasteiger partial charge in [0.05, 0.1) is 22.2 Å². The monoisotopic (exact) mass is 461 g/mol. The highest BCUT2D eigenvalue weighted by Gasteiger charge is 2.36. The van der Waals surface area contributed by atoms with Gasteiger partial charge in [-0.2, -0.15) is 13.2 Å². The first kappa shape index (κ1) is 24.2. The third-order valence-electron chi connectivity index (χ3n) is 4.96. The predicted molar refractivity (Wildman–Crippen MR) is 102 cm³/mol. The molecule has 0 spiro atoms. The number of hydrogen-bond donors (Lipinski definition) is 1. The average Bonchev–Trinajstić information content (AvgIpc) is 2.65. The Morgan fingerprint density at radius 1 is 1.19 bits per heavy atom. The lowest BCUT2D eigenvalue weighted by molar-refractivity contribution is -0.255. The van der Waals surface area contributed by atoms with Gasteiger partial charge in [0.1, 0.15) is 5.69 Å². The van der Waals surface area contributed by atoms with Gasteiger partial charge < -0.3 is 15.0 Å². The second-order valence-corrected chi connectivity index (χ2v) is 7.07. The van der Waals surface area contributed by atoms with Crippen molar-refractivity contribution in [3.05, 3.63) is 60.4 Å². The Balaban J connectivity index is 3.15. The number of carboxylic acid groups (broad SMARTS) is 2. The topological polar surface area (TPSA) is 121 Å². The Morgan fingerprint density at radius 3 is 2.16 bits per heavy atom. The molecule has 0 bridgehead atoms. The minimum absolute atomic E-state index is 0.122. The smallest absolute Gasteiger partial charge is 0.431 e. The van der Waals surface area contributed by atoms with Crippen molar-refractivity contribution in [1.29, 1.82) is 0 Å². The molecule has 8 nitrogen and oxygen atoms in total. The first-order valence-electron chi connectivity index (χ1n) is 8.99. The molecule has 0 atom stereocenters. The number of rotatable bonds is 6. The van der Waals surface area contributed by atoms with E-state index < -0.39 is 62.8 Å². The number of halogens is 4. The maximum Gasteiger partial charge on any atom is 0.431 e. The van der Waals surface area contributed by atoms with E-state index in [2.05, 4.69) is 0 Å². The molecule has 0 saturated heterocycles. The van der Waals surface area contributed by atoms with Gasteiger partial charge in [0.2, 0.25) is 0 Å². The SMILES string of the molecule is CCC(CC)c1c(Cl)c(C(=O)[O-])cc(-n2c(=O)cc(C(F)(F)F)n(C)c2=O)c1C(=O)O. The first-order valence-corrected chi connectivity index (χ1v) is 9.37. The maximum atomic E-state index is 13.1. The molecule has 2 rings (SSSR count). The second kappa shape index (κ2) is 8.58. The van der Waals surface area contributed by atoms with Crippen LogP contribution in [0.1, 0.15) is 64.6 Å². The summed E-state index contributed by atoms with van der Waals surface area (Å²) >= 11 is 6.16. The van der Waals surface area contributed by atoms with Crippen molar-refractivity contribution < 1.29 is 33.0 Å². The van der Waals surface area contributed by atoms with Crippen LogP contribution >= 0.6 is 11.6 Å². The molecule has 0 unspecified atom stereocenters. The fourth-order valence-corrected chi connectivity index (χ4v) is 3.79. The zero-order chi connectivity index (χ0) is 23.8. The summed E-state index contributed by atoms with van der Waals surface area (Å²) in [7, 11) is 0.749. The lowest BCUT2D eigenvalue weighted by Crippen LogP contribution is -2.41. The van der Waals surface area contributed by atoms with Crippen molar-refractivity contribution in [2.45, 2.75) is 38.8 Å². The van der Waals surface area contributed by atoms with Gasteiger partial charge in [-0.15, -0.1) is 0 Å². The van der Waals surface area contributed by atoms with Gasteiger partial charge in [-0.1, -0.05) is 25.4 Å². The molecule has 0 aliphatic heterocycles. The van der Waals surface area contributed by atoms with Gasteiger partial charge in [0.25, 0.3) is 5.56 Å². The van der Waals surface area contributed by atoms with E-state index in [1.165, 1.54) is 0 Å². The zero-order valence-electron chi connectivity index (χ0n) is 16.5. The normalized spacial score (nSPS) is 11.7. The van der Waals surface area contributed by atoms with Crippen molar-refractivity contribution in [3.8, 4) is 5.69 Å². The maximum absolute atomic E-state index is 13.1. The predicted octanol–water partition coefficient (Wildman–Crippen LogP) is 2.17. The van der Waals surface area contributed by atoms with E-state index in [9.17, 15) is 42.6 Å². The highest BCUT2D eigenvalue weighted by Crippen LogP contribution is 2.38. The molecule has 1 aromatic heterocycles. The fourth-order valence-electron chi connectivity index (χ4n) is 3.41. The molecule has 0 aliphatic rings. The summed E-state index contributed by atoms with van der Waals surface area (Å²) in [6, 6.07) is 0.764. The Hall–Kier alpha value is -3.08.